The van der Waals surface area contributed by atoms with Gasteiger partial charge in [-0.1, -0.05) is 151 Å². The molecule has 0 radical (unpaired) electrons. The van der Waals surface area contributed by atoms with Crippen molar-refractivity contribution >= 4 is 54.3 Å². The molecule has 0 amide bonds. The summed E-state index contributed by atoms with van der Waals surface area (Å²) in [6.07, 6.45) is 0. The predicted molar refractivity (Wildman–Crippen MR) is 201 cm³/mol. The van der Waals surface area contributed by atoms with Crippen LogP contribution in [0.4, 0.5) is 0 Å². The van der Waals surface area contributed by atoms with E-state index < -0.39 is 72.5 Å². The molecule has 0 spiro atoms. The molecule has 4 nitrogen and oxygen atoms in total. The van der Waals surface area contributed by atoms with Gasteiger partial charge in [-0.2, -0.15) is 0 Å². The number of hydrogen-bond donors (Lipinski definition) is 0. The first kappa shape index (κ1) is 18.0. The van der Waals surface area contributed by atoms with Crippen molar-refractivity contribution in [3.63, 3.8) is 0 Å². The molecule has 0 saturated carbocycles. The van der Waals surface area contributed by atoms with Crippen molar-refractivity contribution in [2.24, 2.45) is 0 Å². The number of nitrogens with zero attached hydrogens (tertiary/aromatic N) is 3. The van der Waals surface area contributed by atoms with Gasteiger partial charge in [0.2, 0.25) is 0 Å². The lowest BCUT2D eigenvalue weighted by Gasteiger charge is -2.14. The van der Waals surface area contributed by atoms with Gasteiger partial charge in [-0.25, -0.2) is 15.0 Å². The lowest BCUT2D eigenvalue weighted by Crippen LogP contribution is -2.01. The molecule has 0 aliphatic heterocycles. The number of fused-ring (bicyclic) bond motifs is 7. The molecule has 0 aliphatic rings. The second kappa shape index (κ2) is 11.0. The first-order valence-electron chi connectivity index (χ1n) is 21.5. The fraction of sp³-hybridized carbons (Fsp3) is 0. The molecule has 10 rings (SSSR count). The monoisotopic (exact) mass is 637 g/mol. The highest BCUT2D eigenvalue weighted by molar-refractivity contribution is 6.15. The maximum atomic E-state index is 9.19. The number of para-hydroxylation sites is 1. The Balaban J connectivity index is 1.31. The topological polar surface area (TPSA) is 51.8 Å². The Bertz CT molecular complexity index is 3560. The van der Waals surface area contributed by atoms with Crippen molar-refractivity contribution in [2.45, 2.75) is 0 Å². The Labute approximate surface area is 298 Å². The molecule has 0 fully saturated rings. The number of benzene rings is 8. The van der Waals surface area contributed by atoms with E-state index in [1.807, 2.05) is 48.5 Å². The highest BCUT2D eigenvalue weighted by atomic mass is 16.3. The van der Waals surface area contributed by atoms with Gasteiger partial charge in [-0.15, -0.1) is 0 Å². The normalized spacial score (nSPS) is 15.1. The van der Waals surface area contributed by atoms with Gasteiger partial charge in [0.1, 0.15) is 11.2 Å². The third-order valence-corrected chi connectivity index (χ3v) is 8.77. The van der Waals surface area contributed by atoms with Crippen molar-refractivity contribution in [3.8, 4) is 45.3 Å². The Morgan fingerprint density at radius 1 is 0.388 bits per heavy atom. The molecule has 0 N–H and O–H groups in total. The first-order chi connectivity index (χ1) is 29.3. The number of aromatic nitrogens is 3. The molecule has 2 aromatic heterocycles. The van der Waals surface area contributed by atoms with Gasteiger partial charge in [-0.3, -0.25) is 0 Å². The van der Waals surface area contributed by atoms with Crippen LogP contribution in [0.3, 0.4) is 0 Å². The van der Waals surface area contributed by atoms with E-state index in [0.29, 0.717) is 10.9 Å². The van der Waals surface area contributed by atoms with Gasteiger partial charge >= 0.3 is 0 Å². The summed E-state index contributed by atoms with van der Waals surface area (Å²) >= 11 is 0. The second-order valence-corrected chi connectivity index (χ2v) is 11.5. The van der Waals surface area contributed by atoms with Crippen LogP contribution in [-0.2, 0) is 0 Å². The van der Waals surface area contributed by atoms with Gasteiger partial charge in [0.25, 0.3) is 0 Å². The average Bonchev–Trinajstić information content (AvgIpc) is 3.68. The molecule has 0 atom stereocenters. The number of hydrogen-bond acceptors (Lipinski definition) is 4. The molecule has 0 aliphatic carbocycles. The van der Waals surface area contributed by atoms with Crippen molar-refractivity contribution in [1.29, 1.82) is 0 Å². The molecule has 8 aromatic carbocycles. The summed E-state index contributed by atoms with van der Waals surface area (Å²) in [7, 11) is 0. The van der Waals surface area contributed by atoms with Gasteiger partial charge in [-0.05, 0) is 55.5 Å². The largest absolute Gasteiger partial charge is 0.456 e. The summed E-state index contributed by atoms with van der Waals surface area (Å²) in [6, 6.07) is 22.8. The number of furan rings is 1. The molecular formula is C45H27N3O. The molecule has 0 saturated heterocycles. The van der Waals surface area contributed by atoms with Crippen molar-refractivity contribution in [3.05, 3.63) is 164 Å². The lowest BCUT2D eigenvalue weighted by molar-refractivity contribution is 0.669. The minimum atomic E-state index is -0.635. The summed E-state index contributed by atoms with van der Waals surface area (Å²) in [5.74, 6) is -0.698. The Hall–Kier alpha value is -6.65. The zero-order chi connectivity index (χ0) is 42.8. The van der Waals surface area contributed by atoms with Crippen LogP contribution in [-0.4, -0.2) is 15.0 Å². The van der Waals surface area contributed by atoms with Crippen LogP contribution in [0.25, 0.3) is 99.5 Å². The van der Waals surface area contributed by atoms with Gasteiger partial charge in [0.15, 0.2) is 17.5 Å². The van der Waals surface area contributed by atoms with Crippen LogP contribution < -0.4 is 0 Å². The SMILES string of the molecule is [2H]c1c([2H])c([2H])c(-c2nc(-c3cccc4c(-c5cccc6c5ccc5ccccc56)cccc34)nc(-c3c([2H])c([2H])c([2H])c4oc5c([2H])c([2H])c([2H])c([2H])c5c34)n2)c([2H])c1[2H]. The first-order valence-corrected chi connectivity index (χ1v) is 15.5. The van der Waals surface area contributed by atoms with E-state index in [9.17, 15) is 1.37 Å². The Morgan fingerprint density at radius 3 is 1.84 bits per heavy atom. The van der Waals surface area contributed by atoms with E-state index in [0.717, 1.165) is 38.1 Å². The summed E-state index contributed by atoms with van der Waals surface area (Å²) in [5, 5.41) is 5.55. The second-order valence-electron chi connectivity index (χ2n) is 11.5. The standard InChI is InChI=1S/C45H27N3O/c1-2-13-29(14-3-1)43-46-44(48-45(47-43)39-23-11-25-41-42(39)38-16-6-7-24-40(38)49-41)37-22-10-20-33-32(18-9-21-35(33)37)34-19-8-17-31-30-15-5-4-12-28(30)26-27-36(31)34/h1-27H/i1D,2D,3D,6D,7D,11D,13D,14D,16D,23D,24D,25D. The molecule has 228 valence electrons. The maximum absolute atomic E-state index is 9.19. The van der Waals surface area contributed by atoms with Crippen LogP contribution in [0.5, 0.6) is 0 Å². The highest BCUT2D eigenvalue weighted by Crippen LogP contribution is 2.40. The molecule has 49 heavy (non-hydrogen) atoms. The molecule has 0 unspecified atom stereocenters. The fourth-order valence-corrected chi connectivity index (χ4v) is 6.62. The van der Waals surface area contributed by atoms with E-state index in [4.69, 9.17) is 29.5 Å². The highest BCUT2D eigenvalue weighted by Gasteiger charge is 2.19. The third-order valence-electron chi connectivity index (χ3n) is 8.77. The van der Waals surface area contributed by atoms with Crippen molar-refractivity contribution in [2.75, 3.05) is 0 Å². The van der Waals surface area contributed by atoms with Gasteiger partial charge < -0.3 is 4.42 Å². The minimum absolute atomic E-state index is 0.0257. The zero-order valence-electron chi connectivity index (χ0n) is 37.4. The van der Waals surface area contributed by atoms with E-state index in [1.54, 1.807) is 6.07 Å². The third kappa shape index (κ3) is 4.42. The quantitative estimate of drug-likeness (QED) is 0.180. The Kier molecular flexibility index (Phi) is 4.04. The molecule has 0 bridgehead atoms. The van der Waals surface area contributed by atoms with E-state index in [-0.39, 0.29) is 50.5 Å². The average molecular weight is 638 g/mol. The smallest absolute Gasteiger partial charge is 0.164 e. The van der Waals surface area contributed by atoms with E-state index in [2.05, 4.69) is 41.4 Å². The molecule has 4 heteroatoms. The van der Waals surface area contributed by atoms with E-state index in [1.165, 1.54) is 0 Å². The summed E-state index contributed by atoms with van der Waals surface area (Å²) < 4.78 is 110. The summed E-state index contributed by atoms with van der Waals surface area (Å²) in [4.78, 5) is 14.2. The van der Waals surface area contributed by atoms with Crippen LogP contribution >= 0.6 is 0 Å². The molecule has 2 heterocycles. The van der Waals surface area contributed by atoms with Gasteiger partial charge in [0, 0.05) is 27.5 Å². The maximum Gasteiger partial charge on any atom is 0.164 e. The predicted octanol–water partition coefficient (Wildman–Crippen LogP) is 11.9. The van der Waals surface area contributed by atoms with Crippen molar-refractivity contribution in [1.82, 2.24) is 15.0 Å². The van der Waals surface area contributed by atoms with E-state index >= 15 is 0 Å². The summed E-state index contributed by atoms with van der Waals surface area (Å²) in [5.41, 5.74) is 1.13. The fourth-order valence-electron chi connectivity index (χ4n) is 6.62. The molecular weight excluding hydrogens is 599 g/mol. The minimum Gasteiger partial charge on any atom is -0.456 e. The van der Waals surface area contributed by atoms with Gasteiger partial charge in [0.05, 0.1) is 16.4 Å². The van der Waals surface area contributed by atoms with Crippen molar-refractivity contribution < 1.29 is 20.9 Å². The van der Waals surface area contributed by atoms with Crippen LogP contribution in [0.15, 0.2) is 168 Å². The summed E-state index contributed by atoms with van der Waals surface area (Å²) in [6.45, 7) is 0. The number of rotatable bonds is 4. The molecule has 10 aromatic rings. The van der Waals surface area contributed by atoms with Crippen LogP contribution in [0.2, 0.25) is 0 Å². The van der Waals surface area contributed by atoms with Crippen LogP contribution in [0.1, 0.15) is 16.4 Å². The lowest BCUT2D eigenvalue weighted by atomic mass is 9.91. The Morgan fingerprint density at radius 2 is 1.00 bits per heavy atom. The van der Waals surface area contributed by atoms with Crippen LogP contribution in [0, 0.1) is 0 Å². The zero-order valence-corrected chi connectivity index (χ0v) is 25.4.